The molecule has 7 heteroatoms. The van der Waals surface area contributed by atoms with Gasteiger partial charge in [0.05, 0.1) is 5.75 Å². The van der Waals surface area contributed by atoms with Crippen LogP contribution < -0.4 is 10.6 Å². The van der Waals surface area contributed by atoms with Gasteiger partial charge < -0.3 is 15.5 Å². The molecular weight excluding hydrogens is 336 g/mol. The van der Waals surface area contributed by atoms with Gasteiger partial charge in [0.2, 0.25) is 0 Å². The number of piperidine rings is 1. The monoisotopic (exact) mass is 372 g/mol. The summed E-state index contributed by atoms with van der Waals surface area (Å²) in [6.07, 6.45) is 7.02. The standard InChI is InChI=1S/C18H36N4O2S/c1-5-19-17(20-14-18(2,3)10-13-25(4,23)24)21-15-8-11-22(12-9-15)16-6-7-16/h15-16H,5-14H2,1-4H3,(H2,19,20,21). The number of hydrogen-bond donors (Lipinski definition) is 2. The third kappa shape index (κ3) is 7.94. The van der Waals surface area contributed by atoms with E-state index in [0.29, 0.717) is 19.0 Å². The first kappa shape index (κ1) is 20.5. The topological polar surface area (TPSA) is 73.8 Å². The van der Waals surface area contributed by atoms with Gasteiger partial charge in [-0.25, -0.2) is 8.42 Å². The number of guanidine groups is 1. The molecular formula is C18H36N4O2S. The minimum absolute atomic E-state index is 0.124. The van der Waals surface area contributed by atoms with Crippen molar-refractivity contribution in [3.8, 4) is 0 Å². The second-order valence-corrected chi connectivity index (χ2v) is 10.7. The second-order valence-electron chi connectivity index (χ2n) is 8.43. The quantitative estimate of drug-likeness (QED) is 0.500. The van der Waals surface area contributed by atoms with Crippen molar-refractivity contribution in [2.75, 3.05) is 38.2 Å². The largest absolute Gasteiger partial charge is 0.357 e. The molecule has 0 aromatic rings. The van der Waals surface area contributed by atoms with Crippen molar-refractivity contribution in [1.29, 1.82) is 0 Å². The molecule has 1 heterocycles. The van der Waals surface area contributed by atoms with Crippen molar-refractivity contribution in [1.82, 2.24) is 15.5 Å². The molecule has 146 valence electrons. The van der Waals surface area contributed by atoms with E-state index in [1.54, 1.807) is 0 Å². The van der Waals surface area contributed by atoms with Crippen LogP contribution in [0.5, 0.6) is 0 Å². The summed E-state index contributed by atoms with van der Waals surface area (Å²) in [4.78, 5) is 7.35. The molecule has 0 aromatic carbocycles. The summed E-state index contributed by atoms with van der Waals surface area (Å²) >= 11 is 0. The van der Waals surface area contributed by atoms with E-state index in [-0.39, 0.29) is 11.2 Å². The number of likely N-dealkylation sites (tertiary alicyclic amines) is 1. The lowest BCUT2D eigenvalue weighted by Crippen LogP contribution is -2.49. The molecule has 0 atom stereocenters. The Bertz CT molecular complexity index is 547. The Kier molecular flexibility index (Phi) is 7.14. The predicted octanol–water partition coefficient (Wildman–Crippen LogP) is 1.63. The number of rotatable bonds is 8. The van der Waals surface area contributed by atoms with Crippen LogP contribution in [-0.2, 0) is 9.84 Å². The van der Waals surface area contributed by atoms with Crippen LogP contribution in [0.3, 0.4) is 0 Å². The zero-order valence-corrected chi connectivity index (χ0v) is 17.2. The maximum atomic E-state index is 11.4. The smallest absolute Gasteiger partial charge is 0.191 e. The van der Waals surface area contributed by atoms with Crippen LogP contribution in [0, 0.1) is 5.41 Å². The lowest BCUT2D eigenvalue weighted by atomic mass is 9.90. The van der Waals surface area contributed by atoms with E-state index in [1.807, 2.05) is 0 Å². The predicted molar refractivity (Wildman–Crippen MR) is 105 cm³/mol. The normalized spacial score (nSPS) is 21.4. The average molecular weight is 373 g/mol. The number of hydrogen-bond acceptors (Lipinski definition) is 4. The number of nitrogens with zero attached hydrogens (tertiary/aromatic N) is 2. The Balaban J connectivity index is 1.82. The minimum Gasteiger partial charge on any atom is -0.357 e. The Morgan fingerprint density at radius 1 is 1.20 bits per heavy atom. The molecule has 1 saturated carbocycles. The van der Waals surface area contributed by atoms with Gasteiger partial charge in [-0.2, -0.15) is 0 Å². The highest BCUT2D eigenvalue weighted by Crippen LogP contribution is 2.29. The fourth-order valence-electron chi connectivity index (χ4n) is 3.20. The van der Waals surface area contributed by atoms with Crippen LogP contribution >= 0.6 is 0 Å². The summed E-state index contributed by atoms with van der Waals surface area (Å²) < 4.78 is 22.8. The van der Waals surface area contributed by atoms with Crippen LogP contribution in [0.15, 0.2) is 4.99 Å². The molecule has 1 saturated heterocycles. The molecule has 0 aromatic heterocycles. The molecule has 2 rings (SSSR count). The zero-order valence-electron chi connectivity index (χ0n) is 16.3. The van der Waals surface area contributed by atoms with E-state index >= 15 is 0 Å². The lowest BCUT2D eigenvalue weighted by Gasteiger charge is -2.33. The molecule has 6 nitrogen and oxygen atoms in total. The van der Waals surface area contributed by atoms with E-state index in [1.165, 1.54) is 45.0 Å². The summed E-state index contributed by atoms with van der Waals surface area (Å²) in [6, 6.07) is 1.34. The molecule has 1 aliphatic heterocycles. The van der Waals surface area contributed by atoms with Crippen LogP contribution in [0.2, 0.25) is 0 Å². The zero-order chi connectivity index (χ0) is 18.5. The third-order valence-corrected chi connectivity index (χ3v) is 6.04. The van der Waals surface area contributed by atoms with Crippen molar-refractivity contribution in [3.63, 3.8) is 0 Å². The van der Waals surface area contributed by atoms with Gasteiger partial charge in [-0.05, 0) is 44.4 Å². The fraction of sp³-hybridized carbons (Fsp3) is 0.944. The maximum Gasteiger partial charge on any atom is 0.191 e. The van der Waals surface area contributed by atoms with Gasteiger partial charge in [0.1, 0.15) is 9.84 Å². The Labute approximate surface area is 153 Å². The molecule has 2 fully saturated rings. The summed E-state index contributed by atoms with van der Waals surface area (Å²) in [7, 11) is -2.92. The van der Waals surface area contributed by atoms with Gasteiger partial charge in [0, 0.05) is 44.5 Å². The Hall–Kier alpha value is -0.820. The minimum atomic E-state index is -2.92. The molecule has 0 radical (unpaired) electrons. The summed E-state index contributed by atoms with van der Waals surface area (Å²) in [5.74, 6) is 1.08. The Morgan fingerprint density at radius 3 is 2.36 bits per heavy atom. The SMILES string of the molecule is CCNC(=NCC(C)(C)CCS(C)(=O)=O)NC1CCN(C2CC2)CC1. The molecule has 0 amide bonds. The van der Waals surface area contributed by atoms with Crippen LogP contribution in [0.25, 0.3) is 0 Å². The van der Waals surface area contributed by atoms with Gasteiger partial charge in [0.25, 0.3) is 0 Å². The van der Waals surface area contributed by atoms with E-state index in [2.05, 4.69) is 36.3 Å². The van der Waals surface area contributed by atoms with Crippen LogP contribution in [-0.4, -0.2) is 69.5 Å². The lowest BCUT2D eigenvalue weighted by molar-refractivity contribution is 0.197. The highest BCUT2D eigenvalue weighted by atomic mass is 32.2. The van der Waals surface area contributed by atoms with Gasteiger partial charge >= 0.3 is 0 Å². The highest BCUT2D eigenvalue weighted by Gasteiger charge is 2.32. The highest BCUT2D eigenvalue weighted by molar-refractivity contribution is 7.90. The van der Waals surface area contributed by atoms with Crippen molar-refractivity contribution in [2.24, 2.45) is 10.4 Å². The molecule has 2 N–H and O–H groups in total. The van der Waals surface area contributed by atoms with E-state index in [4.69, 9.17) is 4.99 Å². The van der Waals surface area contributed by atoms with Gasteiger partial charge in [0.15, 0.2) is 5.96 Å². The summed E-state index contributed by atoms with van der Waals surface area (Å²) in [5, 5.41) is 6.90. The van der Waals surface area contributed by atoms with Crippen molar-refractivity contribution in [3.05, 3.63) is 0 Å². The maximum absolute atomic E-state index is 11.4. The van der Waals surface area contributed by atoms with Crippen molar-refractivity contribution >= 4 is 15.8 Å². The van der Waals surface area contributed by atoms with E-state index in [9.17, 15) is 8.42 Å². The molecule has 1 aliphatic carbocycles. The van der Waals surface area contributed by atoms with Gasteiger partial charge in [-0.15, -0.1) is 0 Å². The van der Waals surface area contributed by atoms with Crippen molar-refractivity contribution < 1.29 is 8.42 Å². The Morgan fingerprint density at radius 2 is 1.84 bits per heavy atom. The molecule has 0 spiro atoms. The summed E-state index contributed by atoms with van der Waals surface area (Å²) in [6.45, 7) is 10.1. The fourth-order valence-corrected chi connectivity index (χ4v) is 4.12. The first-order valence-electron chi connectivity index (χ1n) is 9.65. The molecule has 0 unspecified atom stereocenters. The summed E-state index contributed by atoms with van der Waals surface area (Å²) in [5.41, 5.74) is -0.124. The van der Waals surface area contributed by atoms with Crippen LogP contribution in [0.4, 0.5) is 0 Å². The number of nitrogens with one attached hydrogen (secondary N) is 2. The van der Waals surface area contributed by atoms with Crippen LogP contribution in [0.1, 0.15) is 52.9 Å². The van der Waals surface area contributed by atoms with Crippen molar-refractivity contribution in [2.45, 2.75) is 65.0 Å². The number of sulfone groups is 1. The van der Waals surface area contributed by atoms with E-state index < -0.39 is 9.84 Å². The first-order chi connectivity index (χ1) is 11.7. The third-order valence-electron chi connectivity index (χ3n) is 5.09. The van der Waals surface area contributed by atoms with Gasteiger partial charge in [-0.3, -0.25) is 4.99 Å². The average Bonchev–Trinajstić information content (AvgIpc) is 3.36. The second kappa shape index (κ2) is 8.71. The molecule has 0 bridgehead atoms. The number of aliphatic imine (C=N–C) groups is 1. The molecule has 2 aliphatic rings. The van der Waals surface area contributed by atoms with Gasteiger partial charge in [-0.1, -0.05) is 13.8 Å². The first-order valence-corrected chi connectivity index (χ1v) is 11.7. The van der Waals surface area contributed by atoms with E-state index in [0.717, 1.165) is 18.5 Å². The molecule has 25 heavy (non-hydrogen) atoms.